The standard InChI is InChI=1S/C21H16FN3O3/c1-13-17(19(26)24-16-10-6-5-9-15(16)22)18-20(28-13)23-12-25(21(18)27)11-14-7-3-2-4-8-14/h2-10,12H,11H2,1H3,(H,24,26). The largest absolute Gasteiger partial charge is 0.442 e. The molecule has 2 aromatic heterocycles. The van der Waals surface area contributed by atoms with E-state index in [-0.39, 0.29) is 28.1 Å². The van der Waals surface area contributed by atoms with Crippen LogP contribution in [0.15, 0.2) is 70.1 Å². The van der Waals surface area contributed by atoms with Gasteiger partial charge in [-0.3, -0.25) is 14.2 Å². The smallest absolute Gasteiger partial charge is 0.265 e. The highest BCUT2D eigenvalue weighted by Gasteiger charge is 2.23. The monoisotopic (exact) mass is 377 g/mol. The minimum Gasteiger partial charge on any atom is -0.442 e. The first-order valence-electron chi connectivity index (χ1n) is 8.63. The molecule has 0 saturated carbocycles. The number of fused-ring (bicyclic) bond motifs is 1. The van der Waals surface area contributed by atoms with E-state index in [9.17, 15) is 14.0 Å². The predicted molar refractivity (Wildman–Crippen MR) is 103 cm³/mol. The molecule has 0 aliphatic heterocycles. The number of halogens is 1. The number of hydrogen-bond donors (Lipinski definition) is 1. The minimum absolute atomic E-state index is 0.0229. The van der Waals surface area contributed by atoms with Crippen LogP contribution < -0.4 is 10.9 Å². The van der Waals surface area contributed by atoms with E-state index in [1.165, 1.54) is 29.1 Å². The molecule has 28 heavy (non-hydrogen) atoms. The Balaban J connectivity index is 1.77. The van der Waals surface area contributed by atoms with E-state index < -0.39 is 17.3 Å². The lowest BCUT2D eigenvalue weighted by Gasteiger charge is -2.07. The van der Waals surface area contributed by atoms with E-state index in [4.69, 9.17) is 4.42 Å². The van der Waals surface area contributed by atoms with Crippen molar-refractivity contribution in [1.29, 1.82) is 0 Å². The topological polar surface area (TPSA) is 77.1 Å². The fraction of sp³-hybridized carbons (Fsp3) is 0.0952. The van der Waals surface area contributed by atoms with Crippen LogP contribution in [0.25, 0.3) is 11.1 Å². The summed E-state index contributed by atoms with van der Waals surface area (Å²) >= 11 is 0. The molecule has 2 heterocycles. The SMILES string of the molecule is Cc1oc2ncn(Cc3ccccc3)c(=O)c2c1C(=O)Nc1ccccc1F. The van der Waals surface area contributed by atoms with Crippen LogP contribution in [-0.4, -0.2) is 15.5 Å². The van der Waals surface area contributed by atoms with E-state index in [1.807, 2.05) is 30.3 Å². The van der Waals surface area contributed by atoms with Crippen molar-refractivity contribution in [3.8, 4) is 0 Å². The highest BCUT2D eigenvalue weighted by Crippen LogP contribution is 2.23. The fourth-order valence-electron chi connectivity index (χ4n) is 3.05. The number of aryl methyl sites for hydroxylation is 1. The third-order valence-electron chi connectivity index (χ3n) is 4.40. The molecular weight excluding hydrogens is 361 g/mol. The molecule has 140 valence electrons. The molecule has 0 fully saturated rings. The molecule has 0 atom stereocenters. The van der Waals surface area contributed by atoms with Crippen molar-refractivity contribution in [1.82, 2.24) is 9.55 Å². The summed E-state index contributed by atoms with van der Waals surface area (Å²) in [6.07, 6.45) is 1.39. The van der Waals surface area contributed by atoms with Gasteiger partial charge in [0.05, 0.1) is 17.8 Å². The summed E-state index contributed by atoms with van der Waals surface area (Å²) < 4.78 is 20.8. The Hall–Kier alpha value is -3.74. The Kier molecular flexibility index (Phi) is 4.49. The second-order valence-corrected chi connectivity index (χ2v) is 6.31. The van der Waals surface area contributed by atoms with Crippen molar-refractivity contribution < 1.29 is 13.6 Å². The predicted octanol–water partition coefficient (Wildman–Crippen LogP) is 3.74. The van der Waals surface area contributed by atoms with Crippen LogP contribution in [0.5, 0.6) is 0 Å². The summed E-state index contributed by atoms with van der Waals surface area (Å²) in [5.74, 6) is -0.954. The molecule has 1 amide bonds. The first-order chi connectivity index (χ1) is 13.5. The molecule has 2 aromatic carbocycles. The number of furan rings is 1. The molecule has 1 N–H and O–H groups in total. The summed E-state index contributed by atoms with van der Waals surface area (Å²) in [6.45, 7) is 1.88. The number of rotatable bonds is 4. The number of amides is 1. The summed E-state index contributed by atoms with van der Waals surface area (Å²) in [5.41, 5.74) is 0.672. The van der Waals surface area contributed by atoms with Crippen LogP contribution in [0.1, 0.15) is 21.7 Å². The van der Waals surface area contributed by atoms with Gasteiger partial charge in [0.2, 0.25) is 5.71 Å². The molecule has 0 aliphatic rings. The average molecular weight is 377 g/mol. The number of carbonyl (C=O) groups excluding carboxylic acids is 1. The number of carbonyl (C=O) groups is 1. The van der Waals surface area contributed by atoms with Crippen LogP contribution >= 0.6 is 0 Å². The van der Waals surface area contributed by atoms with Crippen molar-refractivity contribution in [2.45, 2.75) is 13.5 Å². The molecule has 0 unspecified atom stereocenters. The van der Waals surface area contributed by atoms with Gasteiger partial charge < -0.3 is 9.73 Å². The lowest BCUT2D eigenvalue weighted by Crippen LogP contribution is -2.23. The highest BCUT2D eigenvalue weighted by atomic mass is 19.1. The summed E-state index contributed by atoms with van der Waals surface area (Å²) in [7, 11) is 0. The zero-order chi connectivity index (χ0) is 19.7. The van der Waals surface area contributed by atoms with Crippen molar-refractivity contribution in [3.05, 3.63) is 94.0 Å². The van der Waals surface area contributed by atoms with Gasteiger partial charge in [-0.15, -0.1) is 0 Å². The first-order valence-corrected chi connectivity index (χ1v) is 8.63. The van der Waals surface area contributed by atoms with Crippen molar-refractivity contribution >= 4 is 22.7 Å². The minimum atomic E-state index is -0.627. The van der Waals surface area contributed by atoms with E-state index >= 15 is 0 Å². The highest BCUT2D eigenvalue weighted by molar-refractivity contribution is 6.12. The van der Waals surface area contributed by atoms with Crippen LogP contribution in [0.2, 0.25) is 0 Å². The van der Waals surface area contributed by atoms with Gasteiger partial charge in [0.1, 0.15) is 23.3 Å². The van der Waals surface area contributed by atoms with Crippen LogP contribution in [0, 0.1) is 12.7 Å². The molecular formula is C21H16FN3O3. The van der Waals surface area contributed by atoms with Gasteiger partial charge in [-0.1, -0.05) is 42.5 Å². The third-order valence-corrected chi connectivity index (χ3v) is 4.40. The molecule has 7 heteroatoms. The quantitative estimate of drug-likeness (QED) is 0.588. The maximum atomic E-state index is 13.9. The Morgan fingerprint density at radius 1 is 1.14 bits per heavy atom. The van der Waals surface area contributed by atoms with E-state index in [0.29, 0.717) is 6.54 Å². The van der Waals surface area contributed by atoms with Gasteiger partial charge in [0, 0.05) is 0 Å². The molecule has 0 saturated heterocycles. The molecule has 0 spiro atoms. The van der Waals surface area contributed by atoms with Crippen LogP contribution in [-0.2, 0) is 6.54 Å². The number of anilines is 1. The second kappa shape index (κ2) is 7.11. The number of aromatic nitrogens is 2. The van der Waals surface area contributed by atoms with Gasteiger partial charge in [-0.2, -0.15) is 0 Å². The van der Waals surface area contributed by atoms with Gasteiger partial charge in [-0.05, 0) is 24.6 Å². The van der Waals surface area contributed by atoms with Gasteiger partial charge in [-0.25, -0.2) is 9.37 Å². The molecule has 6 nitrogen and oxygen atoms in total. The molecule has 4 rings (SSSR count). The molecule has 4 aromatic rings. The second-order valence-electron chi connectivity index (χ2n) is 6.31. The Morgan fingerprint density at radius 2 is 1.86 bits per heavy atom. The number of nitrogens with zero attached hydrogens (tertiary/aromatic N) is 2. The number of benzene rings is 2. The first kappa shape index (κ1) is 17.7. The Morgan fingerprint density at radius 3 is 2.61 bits per heavy atom. The average Bonchev–Trinajstić information content (AvgIpc) is 3.03. The Bertz CT molecular complexity index is 1230. The van der Waals surface area contributed by atoms with Gasteiger partial charge in [0.15, 0.2) is 0 Å². The molecule has 0 bridgehead atoms. The van der Waals surface area contributed by atoms with Crippen LogP contribution in [0.3, 0.4) is 0 Å². The number of para-hydroxylation sites is 1. The molecule has 0 aliphatic carbocycles. The lowest BCUT2D eigenvalue weighted by atomic mass is 10.1. The summed E-state index contributed by atoms with van der Waals surface area (Å²) in [5, 5.41) is 2.57. The zero-order valence-corrected chi connectivity index (χ0v) is 15.0. The summed E-state index contributed by atoms with van der Waals surface area (Å²) in [6, 6.07) is 15.2. The van der Waals surface area contributed by atoms with Crippen LogP contribution in [0.4, 0.5) is 10.1 Å². The number of nitrogens with one attached hydrogen (secondary N) is 1. The fourth-order valence-corrected chi connectivity index (χ4v) is 3.05. The van der Waals surface area contributed by atoms with E-state index in [2.05, 4.69) is 10.3 Å². The number of hydrogen-bond acceptors (Lipinski definition) is 4. The van der Waals surface area contributed by atoms with E-state index in [0.717, 1.165) is 5.56 Å². The third kappa shape index (κ3) is 3.18. The normalized spacial score (nSPS) is 10.9. The summed E-state index contributed by atoms with van der Waals surface area (Å²) in [4.78, 5) is 29.9. The van der Waals surface area contributed by atoms with Crippen molar-refractivity contribution in [2.24, 2.45) is 0 Å². The lowest BCUT2D eigenvalue weighted by molar-refractivity contribution is 0.102. The molecule has 0 radical (unpaired) electrons. The van der Waals surface area contributed by atoms with Gasteiger partial charge in [0.25, 0.3) is 11.5 Å². The van der Waals surface area contributed by atoms with Crippen molar-refractivity contribution in [2.75, 3.05) is 5.32 Å². The maximum absolute atomic E-state index is 13.9. The zero-order valence-electron chi connectivity index (χ0n) is 15.0. The van der Waals surface area contributed by atoms with Gasteiger partial charge >= 0.3 is 0 Å². The maximum Gasteiger partial charge on any atom is 0.265 e. The Labute approximate surface area is 159 Å². The van der Waals surface area contributed by atoms with E-state index in [1.54, 1.807) is 13.0 Å². The van der Waals surface area contributed by atoms with Crippen molar-refractivity contribution in [3.63, 3.8) is 0 Å².